The molecule has 0 aromatic heterocycles. The number of nitro benzene ring substituents is 1. The Labute approximate surface area is 138 Å². The number of ether oxygens (including phenoxy) is 2. The quantitative estimate of drug-likeness (QED) is 0.672. The highest BCUT2D eigenvalue weighted by molar-refractivity contribution is 5.94. The zero-order valence-electron chi connectivity index (χ0n) is 12.9. The number of hydrogen-bond acceptors (Lipinski definition) is 5. The molecule has 24 heavy (non-hydrogen) atoms. The van der Waals surface area contributed by atoms with E-state index < -0.39 is 4.92 Å². The lowest BCUT2D eigenvalue weighted by Crippen LogP contribution is -2.25. The van der Waals surface area contributed by atoms with E-state index in [-0.39, 0.29) is 11.6 Å². The largest absolute Gasteiger partial charge is 0.486 e. The minimum atomic E-state index is -0.496. The van der Waals surface area contributed by atoms with Crippen LogP contribution < -0.4 is 14.8 Å². The first-order valence-electron chi connectivity index (χ1n) is 7.54. The third-order valence-electron chi connectivity index (χ3n) is 3.65. The lowest BCUT2D eigenvalue weighted by molar-refractivity contribution is -0.384. The highest BCUT2D eigenvalue weighted by Crippen LogP contribution is 2.30. The molecule has 0 atom stereocenters. The molecule has 0 radical (unpaired) electrons. The summed E-state index contributed by atoms with van der Waals surface area (Å²) >= 11 is 0. The second-order valence-electron chi connectivity index (χ2n) is 5.29. The summed E-state index contributed by atoms with van der Waals surface area (Å²) < 4.78 is 11.0. The summed E-state index contributed by atoms with van der Waals surface area (Å²) in [5, 5.41) is 13.4. The summed E-state index contributed by atoms with van der Waals surface area (Å²) in [6.07, 6.45) is 0.648. The van der Waals surface area contributed by atoms with Crippen molar-refractivity contribution in [2.45, 2.75) is 6.42 Å². The van der Waals surface area contributed by atoms with Crippen molar-refractivity contribution in [2.75, 3.05) is 19.8 Å². The van der Waals surface area contributed by atoms with Crippen LogP contribution in [0.5, 0.6) is 11.5 Å². The number of nitro groups is 1. The monoisotopic (exact) mass is 328 g/mol. The number of hydrogen-bond donors (Lipinski definition) is 1. The fourth-order valence-corrected chi connectivity index (χ4v) is 2.40. The maximum Gasteiger partial charge on any atom is 0.269 e. The maximum absolute atomic E-state index is 12.0. The normalized spacial score (nSPS) is 12.5. The van der Waals surface area contributed by atoms with Crippen LogP contribution in [0.1, 0.15) is 15.9 Å². The molecule has 3 rings (SSSR count). The fraction of sp³-hybridized carbons (Fsp3) is 0.235. The van der Waals surface area contributed by atoms with Crippen LogP contribution in [0, 0.1) is 10.1 Å². The molecule has 1 heterocycles. The van der Waals surface area contributed by atoms with E-state index in [1.54, 1.807) is 0 Å². The number of carbonyl (C=O) groups is 1. The van der Waals surface area contributed by atoms with Crippen molar-refractivity contribution in [3.8, 4) is 11.5 Å². The van der Waals surface area contributed by atoms with Crippen molar-refractivity contribution in [3.05, 3.63) is 63.7 Å². The van der Waals surface area contributed by atoms with Gasteiger partial charge < -0.3 is 14.8 Å². The second-order valence-corrected chi connectivity index (χ2v) is 5.29. The van der Waals surface area contributed by atoms with Crippen LogP contribution in [-0.2, 0) is 6.42 Å². The second kappa shape index (κ2) is 6.99. The number of benzene rings is 2. The zero-order valence-corrected chi connectivity index (χ0v) is 12.9. The Balaban J connectivity index is 1.54. The summed E-state index contributed by atoms with van der Waals surface area (Å²) in [7, 11) is 0. The summed E-state index contributed by atoms with van der Waals surface area (Å²) in [4.78, 5) is 22.1. The highest BCUT2D eigenvalue weighted by atomic mass is 16.6. The van der Waals surface area contributed by atoms with Gasteiger partial charge in [0.2, 0.25) is 0 Å². The van der Waals surface area contributed by atoms with Crippen LogP contribution in [0.2, 0.25) is 0 Å². The van der Waals surface area contributed by atoms with Gasteiger partial charge in [-0.1, -0.05) is 6.07 Å². The predicted molar refractivity (Wildman–Crippen MR) is 86.6 cm³/mol. The van der Waals surface area contributed by atoms with Gasteiger partial charge in [0.15, 0.2) is 11.5 Å². The number of nitrogens with zero attached hydrogens (tertiary/aromatic N) is 1. The first kappa shape index (κ1) is 15.8. The van der Waals surface area contributed by atoms with Crippen LogP contribution in [0.4, 0.5) is 5.69 Å². The van der Waals surface area contributed by atoms with E-state index in [1.165, 1.54) is 24.3 Å². The summed E-state index contributed by atoms with van der Waals surface area (Å²) in [5.41, 5.74) is 1.38. The molecule has 1 N–H and O–H groups in total. The lowest BCUT2D eigenvalue weighted by Gasteiger charge is -2.18. The lowest BCUT2D eigenvalue weighted by atomic mass is 10.1. The van der Waals surface area contributed by atoms with Crippen LogP contribution in [0.15, 0.2) is 42.5 Å². The minimum absolute atomic E-state index is 0.0390. The van der Waals surface area contributed by atoms with Crippen LogP contribution in [0.3, 0.4) is 0 Å². The van der Waals surface area contributed by atoms with Gasteiger partial charge in [0, 0.05) is 24.2 Å². The van der Waals surface area contributed by atoms with E-state index in [0.717, 1.165) is 17.1 Å². The number of non-ortho nitro benzene ring substituents is 1. The summed E-state index contributed by atoms with van der Waals surface area (Å²) in [6, 6.07) is 11.2. The van der Waals surface area contributed by atoms with E-state index in [1.807, 2.05) is 18.2 Å². The molecule has 1 aliphatic rings. The van der Waals surface area contributed by atoms with Gasteiger partial charge in [0.05, 0.1) is 4.92 Å². The number of carbonyl (C=O) groups excluding carboxylic acids is 1. The third-order valence-corrected chi connectivity index (χ3v) is 3.65. The molecule has 1 amide bonds. The fourth-order valence-electron chi connectivity index (χ4n) is 2.40. The Morgan fingerprint density at radius 3 is 2.50 bits per heavy atom. The minimum Gasteiger partial charge on any atom is -0.486 e. The first-order valence-corrected chi connectivity index (χ1v) is 7.54. The molecule has 1 aliphatic heterocycles. The summed E-state index contributed by atoms with van der Waals surface area (Å²) in [6.45, 7) is 1.54. The molecule has 0 aliphatic carbocycles. The molecule has 2 aromatic rings. The molecule has 0 saturated carbocycles. The number of nitrogens with one attached hydrogen (secondary N) is 1. The van der Waals surface area contributed by atoms with E-state index in [2.05, 4.69) is 5.32 Å². The van der Waals surface area contributed by atoms with E-state index >= 15 is 0 Å². The van der Waals surface area contributed by atoms with E-state index in [0.29, 0.717) is 31.7 Å². The van der Waals surface area contributed by atoms with Gasteiger partial charge in [-0.15, -0.1) is 0 Å². The maximum atomic E-state index is 12.0. The van der Waals surface area contributed by atoms with Crippen molar-refractivity contribution in [1.29, 1.82) is 0 Å². The van der Waals surface area contributed by atoms with Gasteiger partial charge in [-0.3, -0.25) is 14.9 Å². The number of fused-ring (bicyclic) bond motifs is 1. The van der Waals surface area contributed by atoms with E-state index in [9.17, 15) is 14.9 Å². The Kier molecular flexibility index (Phi) is 4.60. The molecule has 7 heteroatoms. The Morgan fingerprint density at radius 1 is 1.08 bits per heavy atom. The number of rotatable bonds is 5. The van der Waals surface area contributed by atoms with Gasteiger partial charge in [-0.25, -0.2) is 0 Å². The molecular weight excluding hydrogens is 312 g/mol. The topological polar surface area (TPSA) is 90.7 Å². The van der Waals surface area contributed by atoms with Crippen molar-refractivity contribution < 1.29 is 19.2 Å². The molecule has 7 nitrogen and oxygen atoms in total. The zero-order chi connectivity index (χ0) is 16.9. The Bertz CT molecular complexity index is 758. The van der Waals surface area contributed by atoms with Gasteiger partial charge >= 0.3 is 0 Å². The van der Waals surface area contributed by atoms with Crippen LogP contribution in [0.25, 0.3) is 0 Å². The molecule has 0 bridgehead atoms. The molecule has 124 valence electrons. The summed E-state index contributed by atoms with van der Waals surface area (Å²) in [5.74, 6) is 1.20. The van der Waals surface area contributed by atoms with Gasteiger partial charge in [0.25, 0.3) is 11.6 Å². The van der Waals surface area contributed by atoms with Crippen LogP contribution >= 0.6 is 0 Å². The predicted octanol–water partition coefficient (Wildman–Crippen LogP) is 2.34. The molecule has 2 aromatic carbocycles. The Hall–Kier alpha value is -3.09. The van der Waals surface area contributed by atoms with Crippen molar-refractivity contribution >= 4 is 11.6 Å². The average molecular weight is 328 g/mol. The molecule has 0 fully saturated rings. The SMILES string of the molecule is O=C(NCCc1ccc2c(c1)OCCO2)c1ccc([N+](=O)[O-])cc1. The van der Waals surface area contributed by atoms with Crippen molar-refractivity contribution in [2.24, 2.45) is 0 Å². The average Bonchev–Trinajstić information content (AvgIpc) is 2.61. The first-order chi connectivity index (χ1) is 11.6. The van der Waals surface area contributed by atoms with Crippen LogP contribution in [-0.4, -0.2) is 30.6 Å². The van der Waals surface area contributed by atoms with Gasteiger partial charge in [-0.05, 0) is 36.2 Å². The smallest absolute Gasteiger partial charge is 0.269 e. The van der Waals surface area contributed by atoms with Crippen molar-refractivity contribution in [3.63, 3.8) is 0 Å². The molecule has 0 spiro atoms. The third kappa shape index (κ3) is 3.62. The molecule has 0 saturated heterocycles. The highest BCUT2D eigenvalue weighted by Gasteiger charge is 2.12. The molecular formula is C17H16N2O5. The van der Waals surface area contributed by atoms with E-state index in [4.69, 9.17) is 9.47 Å². The number of amides is 1. The standard InChI is InChI=1S/C17H16N2O5/c20-17(13-2-4-14(5-3-13)19(21)22)18-8-7-12-1-6-15-16(11-12)24-10-9-23-15/h1-6,11H,7-10H2,(H,18,20). The van der Waals surface area contributed by atoms with Crippen molar-refractivity contribution in [1.82, 2.24) is 5.32 Å². The Morgan fingerprint density at radius 2 is 1.79 bits per heavy atom. The van der Waals surface area contributed by atoms with Gasteiger partial charge in [0.1, 0.15) is 13.2 Å². The van der Waals surface area contributed by atoms with Gasteiger partial charge in [-0.2, -0.15) is 0 Å². The molecule has 0 unspecified atom stereocenters.